The van der Waals surface area contributed by atoms with Gasteiger partial charge in [0.2, 0.25) is 5.91 Å². The van der Waals surface area contributed by atoms with Gasteiger partial charge in [-0.3, -0.25) is 4.79 Å². The normalized spacial score (nSPS) is 20.6. The molecule has 2 fully saturated rings. The van der Waals surface area contributed by atoms with Crippen LogP contribution in [-0.2, 0) is 4.79 Å². The van der Waals surface area contributed by atoms with Crippen LogP contribution in [0.4, 0.5) is 10.5 Å². The van der Waals surface area contributed by atoms with Gasteiger partial charge in [-0.25, -0.2) is 4.79 Å². The van der Waals surface area contributed by atoms with E-state index in [4.69, 9.17) is 9.47 Å². The smallest absolute Gasteiger partial charge is 0.317 e. The summed E-state index contributed by atoms with van der Waals surface area (Å²) in [7, 11) is 3.14. The van der Waals surface area contributed by atoms with Crippen molar-refractivity contribution < 1.29 is 19.1 Å². The van der Waals surface area contributed by atoms with E-state index >= 15 is 0 Å². The molecule has 0 unspecified atom stereocenters. The van der Waals surface area contributed by atoms with Crippen LogP contribution < -0.4 is 19.7 Å². The molecule has 1 atom stereocenters. The largest absolute Gasteiger partial charge is 0.493 e. The molecule has 0 radical (unpaired) electrons. The first kappa shape index (κ1) is 17.4. The molecule has 0 aromatic heterocycles. The summed E-state index contributed by atoms with van der Waals surface area (Å²) >= 11 is 0. The third-order valence-electron chi connectivity index (χ3n) is 4.77. The maximum Gasteiger partial charge on any atom is 0.317 e. The first-order chi connectivity index (χ1) is 12.1. The Balaban J connectivity index is 1.65. The van der Waals surface area contributed by atoms with Crippen molar-refractivity contribution in [3.05, 3.63) is 18.2 Å². The fraction of sp³-hybridized carbons (Fsp3) is 0.556. The zero-order valence-corrected chi connectivity index (χ0v) is 14.8. The Bertz CT molecular complexity index is 643. The first-order valence-electron chi connectivity index (χ1n) is 8.70. The van der Waals surface area contributed by atoms with E-state index < -0.39 is 0 Å². The topological polar surface area (TPSA) is 71.1 Å². The number of hydrogen-bond acceptors (Lipinski definition) is 4. The van der Waals surface area contributed by atoms with Crippen molar-refractivity contribution in [1.29, 1.82) is 0 Å². The second kappa shape index (κ2) is 7.63. The molecular formula is C18H25N3O4. The molecule has 25 heavy (non-hydrogen) atoms. The number of likely N-dealkylation sites (tertiary alicyclic amines) is 1. The van der Waals surface area contributed by atoms with Gasteiger partial charge in [0.25, 0.3) is 0 Å². The summed E-state index contributed by atoms with van der Waals surface area (Å²) in [5.41, 5.74) is 0.748. The fourth-order valence-electron chi connectivity index (χ4n) is 3.41. The van der Waals surface area contributed by atoms with E-state index in [1.165, 1.54) is 6.42 Å². The fourth-order valence-corrected chi connectivity index (χ4v) is 3.41. The number of hydrogen-bond donors (Lipinski definition) is 1. The number of urea groups is 1. The number of amides is 3. The minimum Gasteiger partial charge on any atom is -0.493 e. The summed E-state index contributed by atoms with van der Waals surface area (Å²) < 4.78 is 10.5. The van der Waals surface area contributed by atoms with E-state index in [0.717, 1.165) is 31.6 Å². The molecule has 1 N–H and O–H groups in total. The number of nitrogens with zero attached hydrogens (tertiary/aromatic N) is 2. The van der Waals surface area contributed by atoms with Gasteiger partial charge < -0.3 is 24.6 Å². The van der Waals surface area contributed by atoms with Crippen LogP contribution in [0.25, 0.3) is 0 Å². The molecule has 1 aromatic carbocycles. The van der Waals surface area contributed by atoms with Crippen molar-refractivity contribution in [2.45, 2.75) is 31.7 Å². The number of piperidine rings is 1. The van der Waals surface area contributed by atoms with E-state index in [0.29, 0.717) is 24.5 Å². The van der Waals surface area contributed by atoms with Gasteiger partial charge in [0.15, 0.2) is 11.5 Å². The lowest BCUT2D eigenvalue weighted by Crippen LogP contribution is -2.47. The van der Waals surface area contributed by atoms with E-state index in [9.17, 15) is 9.59 Å². The van der Waals surface area contributed by atoms with Crippen LogP contribution in [0.3, 0.4) is 0 Å². The highest BCUT2D eigenvalue weighted by atomic mass is 16.5. The molecule has 7 nitrogen and oxygen atoms in total. The summed E-state index contributed by atoms with van der Waals surface area (Å²) in [6.07, 6.45) is 3.59. The van der Waals surface area contributed by atoms with Crippen molar-refractivity contribution in [1.82, 2.24) is 10.2 Å². The lowest BCUT2D eigenvalue weighted by molar-refractivity contribution is -0.117. The second-order valence-corrected chi connectivity index (χ2v) is 6.44. The van der Waals surface area contributed by atoms with Crippen molar-refractivity contribution in [3.63, 3.8) is 0 Å². The molecule has 7 heteroatoms. The number of nitrogens with one attached hydrogen (secondary N) is 1. The summed E-state index contributed by atoms with van der Waals surface area (Å²) in [4.78, 5) is 28.2. The van der Waals surface area contributed by atoms with Gasteiger partial charge in [0.05, 0.1) is 20.3 Å². The van der Waals surface area contributed by atoms with Crippen molar-refractivity contribution in [2.24, 2.45) is 0 Å². The quantitative estimate of drug-likeness (QED) is 0.904. The van der Waals surface area contributed by atoms with Gasteiger partial charge in [0, 0.05) is 37.8 Å². The zero-order valence-electron chi connectivity index (χ0n) is 14.8. The van der Waals surface area contributed by atoms with Gasteiger partial charge in [-0.1, -0.05) is 0 Å². The Morgan fingerprint density at radius 1 is 1.12 bits per heavy atom. The first-order valence-corrected chi connectivity index (χ1v) is 8.70. The average Bonchev–Trinajstić information content (AvgIpc) is 3.01. The number of methoxy groups -OCH3 is 2. The minimum absolute atomic E-state index is 0.00355. The van der Waals surface area contributed by atoms with Crippen LogP contribution in [0.2, 0.25) is 0 Å². The number of anilines is 1. The molecule has 2 aliphatic heterocycles. The SMILES string of the molecule is COc1ccc(N2C[C@@H](NC(=O)N3CCCCC3)CC2=O)cc1OC. The molecule has 1 aromatic rings. The molecule has 0 saturated carbocycles. The molecule has 2 heterocycles. The van der Waals surface area contributed by atoms with Gasteiger partial charge in [-0.15, -0.1) is 0 Å². The molecule has 0 bridgehead atoms. The molecular weight excluding hydrogens is 322 g/mol. The Labute approximate surface area is 147 Å². The minimum atomic E-state index is -0.171. The highest BCUT2D eigenvalue weighted by Crippen LogP contribution is 2.33. The third-order valence-corrected chi connectivity index (χ3v) is 4.77. The van der Waals surface area contributed by atoms with Crippen molar-refractivity contribution >= 4 is 17.6 Å². The lowest BCUT2D eigenvalue weighted by atomic mass is 10.1. The van der Waals surface area contributed by atoms with E-state index in [2.05, 4.69) is 5.32 Å². The third kappa shape index (κ3) is 3.81. The van der Waals surface area contributed by atoms with Gasteiger partial charge in [-0.05, 0) is 31.4 Å². The summed E-state index contributed by atoms with van der Waals surface area (Å²) in [6, 6.07) is 5.16. The number of rotatable bonds is 4. The molecule has 2 saturated heterocycles. The lowest BCUT2D eigenvalue weighted by Gasteiger charge is -2.28. The van der Waals surface area contributed by atoms with Gasteiger partial charge in [0.1, 0.15) is 0 Å². The van der Waals surface area contributed by atoms with Crippen LogP contribution in [0, 0.1) is 0 Å². The highest BCUT2D eigenvalue weighted by Gasteiger charge is 2.33. The summed E-state index contributed by atoms with van der Waals surface area (Å²) in [5.74, 6) is 1.19. The maximum atomic E-state index is 12.4. The molecule has 136 valence electrons. The van der Waals surface area contributed by atoms with E-state index in [1.54, 1.807) is 31.3 Å². The number of benzene rings is 1. The van der Waals surface area contributed by atoms with E-state index in [-0.39, 0.29) is 18.0 Å². The molecule has 0 aliphatic carbocycles. The van der Waals surface area contributed by atoms with Crippen LogP contribution in [0.5, 0.6) is 11.5 Å². The highest BCUT2D eigenvalue weighted by molar-refractivity contribution is 5.97. The van der Waals surface area contributed by atoms with Crippen LogP contribution >= 0.6 is 0 Å². The predicted molar refractivity (Wildman–Crippen MR) is 94.3 cm³/mol. The van der Waals surface area contributed by atoms with Gasteiger partial charge >= 0.3 is 6.03 Å². The van der Waals surface area contributed by atoms with Crippen molar-refractivity contribution in [2.75, 3.05) is 38.8 Å². The number of carbonyl (C=O) groups excluding carboxylic acids is 2. The summed E-state index contributed by atoms with van der Waals surface area (Å²) in [5, 5.41) is 3.00. The second-order valence-electron chi connectivity index (χ2n) is 6.44. The monoisotopic (exact) mass is 347 g/mol. The number of carbonyl (C=O) groups is 2. The van der Waals surface area contributed by atoms with E-state index in [1.807, 2.05) is 11.0 Å². The maximum absolute atomic E-state index is 12.4. The molecule has 3 rings (SSSR count). The number of ether oxygens (including phenoxy) is 2. The molecule has 2 aliphatic rings. The Morgan fingerprint density at radius 3 is 2.52 bits per heavy atom. The molecule has 0 spiro atoms. The van der Waals surface area contributed by atoms with Crippen LogP contribution in [-0.4, -0.2) is 56.7 Å². The Morgan fingerprint density at radius 2 is 1.84 bits per heavy atom. The summed E-state index contributed by atoms with van der Waals surface area (Å²) in [6.45, 7) is 2.06. The zero-order chi connectivity index (χ0) is 17.8. The Hall–Kier alpha value is -2.44. The average molecular weight is 347 g/mol. The van der Waals surface area contributed by atoms with Crippen LogP contribution in [0.1, 0.15) is 25.7 Å². The molecule has 3 amide bonds. The van der Waals surface area contributed by atoms with Gasteiger partial charge in [-0.2, -0.15) is 0 Å². The Kier molecular flexibility index (Phi) is 5.31. The standard InChI is InChI=1S/C18H25N3O4/c1-24-15-7-6-14(11-16(15)25-2)21-12-13(10-17(21)22)19-18(23)20-8-4-3-5-9-20/h6-7,11,13H,3-5,8-10,12H2,1-2H3,(H,19,23)/t13-/m0/s1. The van der Waals surface area contributed by atoms with Crippen molar-refractivity contribution in [3.8, 4) is 11.5 Å². The van der Waals surface area contributed by atoms with Crippen LogP contribution in [0.15, 0.2) is 18.2 Å². The predicted octanol–water partition coefficient (Wildman–Crippen LogP) is 2.00.